The number of alkyl halides is 1. The largest absolute Gasteiger partial charge is 0.494 e. The van der Waals surface area contributed by atoms with E-state index in [-0.39, 0.29) is 4.83 Å². The molecule has 2 aromatic rings. The molecule has 1 heterocycles. The summed E-state index contributed by atoms with van der Waals surface area (Å²) in [6.07, 6.45) is 1.01. The van der Waals surface area contributed by atoms with Crippen molar-refractivity contribution < 1.29 is 9.47 Å². The Labute approximate surface area is 127 Å². The topological polar surface area (TPSA) is 18.5 Å². The van der Waals surface area contributed by atoms with Crippen LogP contribution < -0.4 is 9.47 Å². The second-order valence-electron chi connectivity index (χ2n) is 4.83. The van der Waals surface area contributed by atoms with Crippen molar-refractivity contribution >= 4 is 15.9 Å². The molecular formula is C17H17BrO2. The Kier molecular flexibility index (Phi) is 3.97. The lowest BCUT2D eigenvalue weighted by Crippen LogP contribution is -1.95. The van der Waals surface area contributed by atoms with Gasteiger partial charge >= 0.3 is 0 Å². The summed E-state index contributed by atoms with van der Waals surface area (Å²) in [5, 5.41) is 0. The van der Waals surface area contributed by atoms with Gasteiger partial charge in [0.1, 0.15) is 11.5 Å². The zero-order valence-corrected chi connectivity index (χ0v) is 13.0. The van der Waals surface area contributed by atoms with Gasteiger partial charge in [0.05, 0.1) is 18.0 Å². The predicted octanol–water partition coefficient (Wildman–Crippen LogP) is 4.50. The minimum atomic E-state index is 0.198. The Morgan fingerprint density at radius 2 is 1.90 bits per heavy atom. The molecule has 0 bridgehead atoms. The lowest BCUT2D eigenvalue weighted by atomic mass is 10.0. The van der Waals surface area contributed by atoms with E-state index >= 15 is 0 Å². The summed E-state index contributed by atoms with van der Waals surface area (Å²) in [6.45, 7) is 3.49. The monoisotopic (exact) mass is 332 g/mol. The normalized spacial score (nSPS) is 14.5. The van der Waals surface area contributed by atoms with E-state index in [1.807, 2.05) is 19.1 Å². The molecule has 0 spiro atoms. The van der Waals surface area contributed by atoms with Crippen molar-refractivity contribution in [3.8, 4) is 11.5 Å². The third kappa shape index (κ3) is 2.68. The van der Waals surface area contributed by atoms with Crippen LogP contribution in [0.4, 0.5) is 0 Å². The zero-order valence-electron chi connectivity index (χ0n) is 11.4. The lowest BCUT2D eigenvalue weighted by molar-refractivity contribution is 0.340. The van der Waals surface area contributed by atoms with Crippen LogP contribution in [0.25, 0.3) is 0 Å². The summed E-state index contributed by atoms with van der Waals surface area (Å²) < 4.78 is 11.0. The number of rotatable bonds is 4. The molecule has 1 unspecified atom stereocenters. The number of ether oxygens (including phenoxy) is 2. The van der Waals surface area contributed by atoms with Gasteiger partial charge < -0.3 is 9.47 Å². The minimum Gasteiger partial charge on any atom is -0.494 e. The highest BCUT2D eigenvalue weighted by atomic mass is 79.9. The van der Waals surface area contributed by atoms with Crippen LogP contribution >= 0.6 is 15.9 Å². The number of hydrogen-bond acceptors (Lipinski definition) is 2. The Morgan fingerprint density at radius 3 is 2.65 bits per heavy atom. The van der Waals surface area contributed by atoms with Gasteiger partial charge in [-0.25, -0.2) is 0 Å². The van der Waals surface area contributed by atoms with E-state index in [2.05, 4.69) is 46.3 Å². The van der Waals surface area contributed by atoms with Crippen molar-refractivity contribution in [1.29, 1.82) is 0 Å². The predicted molar refractivity (Wildman–Crippen MR) is 84.0 cm³/mol. The highest BCUT2D eigenvalue weighted by molar-refractivity contribution is 9.09. The summed E-state index contributed by atoms with van der Waals surface area (Å²) >= 11 is 3.78. The molecular weight excluding hydrogens is 316 g/mol. The van der Waals surface area contributed by atoms with E-state index in [0.29, 0.717) is 6.61 Å². The van der Waals surface area contributed by atoms with Crippen LogP contribution in [0.15, 0.2) is 42.5 Å². The van der Waals surface area contributed by atoms with E-state index in [1.54, 1.807) is 0 Å². The molecule has 0 radical (unpaired) electrons. The second kappa shape index (κ2) is 5.88. The van der Waals surface area contributed by atoms with E-state index in [4.69, 9.17) is 9.47 Å². The first-order chi connectivity index (χ1) is 9.78. The molecule has 1 aliphatic rings. The maximum absolute atomic E-state index is 5.55. The molecule has 3 heteroatoms. The zero-order chi connectivity index (χ0) is 13.9. The molecule has 0 saturated heterocycles. The fourth-order valence-electron chi connectivity index (χ4n) is 2.46. The molecule has 0 N–H and O–H groups in total. The molecule has 0 aliphatic carbocycles. The molecule has 104 valence electrons. The number of fused-ring (bicyclic) bond motifs is 1. The van der Waals surface area contributed by atoms with Gasteiger partial charge in [-0.3, -0.25) is 0 Å². The quantitative estimate of drug-likeness (QED) is 0.767. The maximum atomic E-state index is 5.55. The van der Waals surface area contributed by atoms with Gasteiger partial charge in [-0.15, -0.1) is 0 Å². The van der Waals surface area contributed by atoms with Crippen LogP contribution in [0, 0.1) is 0 Å². The summed E-state index contributed by atoms with van der Waals surface area (Å²) in [4.78, 5) is 0.198. The summed E-state index contributed by atoms with van der Waals surface area (Å²) in [5.41, 5.74) is 3.80. The van der Waals surface area contributed by atoms with Gasteiger partial charge in [0, 0.05) is 6.42 Å². The minimum absolute atomic E-state index is 0.198. The number of hydrogen-bond donors (Lipinski definition) is 0. The van der Waals surface area contributed by atoms with Crippen LogP contribution in [0.3, 0.4) is 0 Å². The first kappa shape index (κ1) is 13.5. The van der Waals surface area contributed by atoms with Gasteiger partial charge in [-0.1, -0.05) is 40.2 Å². The molecule has 0 aromatic heterocycles. The average Bonchev–Trinajstić information content (AvgIpc) is 2.95. The molecule has 0 amide bonds. The van der Waals surface area contributed by atoms with Crippen LogP contribution in [0.1, 0.15) is 28.4 Å². The number of halogens is 1. The maximum Gasteiger partial charge on any atom is 0.122 e. The fraction of sp³-hybridized carbons (Fsp3) is 0.294. The molecule has 0 saturated carbocycles. The molecule has 3 rings (SSSR count). The summed E-state index contributed by atoms with van der Waals surface area (Å²) in [7, 11) is 0. The van der Waals surface area contributed by atoms with Gasteiger partial charge in [-0.05, 0) is 41.8 Å². The van der Waals surface area contributed by atoms with Gasteiger partial charge in [0.25, 0.3) is 0 Å². The second-order valence-corrected chi connectivity index (χ2v) is 5.75. The molecule has 2 aromatic carbocycles. The molecule has 2 nitrogen and oxygen atoms in total. The number of benzene rings is 2. The van der Waals surface area contributed by atoms with Crippen molar-refractivity contribution in [2.24, 2.45) is 0 Å². The SMILES string of the molecule is CCOc1ccc(C(Br)c2ccc3c(c2)CCO3)cc1. The fourth-order valence-corrected chi connectivity index (χ4v) is 3.05. The third-order valence-electron chi connectivity index (χ3n) is 3.49. The Balaban J connectivity index is 1.82. The standard InChI is InChI=1S/C17H17BrO2/c1-2-19-15-6-3-12(4-7-15)17(18)14-5-8-16-13(11-14)9-10-20-16/h3-8,11,17H,2,9-10H2,1H3. The van der Waals surface area contributed by atoms with Crippen molar-refractivity contribution in [3.63, 3.8) is 0 Å². The molecule has 1 atom stereocenters. The van der Waals surface area contributed by atoms with Crippen molar-refractivity contribution in [1.82, 2.24) is 0 Å². The van der Waals surface area contributed by atoms with Crippen molar-refractivity contribution in [2.75, 3.05) is 13.2 Å². The van der Waals surface area contributed by atoms with E-state index in [0.717, 1.165) is 24.5 Å². The Hall–Kier alpha value is -1.48. The van der Waals surface area contributed by atoms with Gasteiger partial charge in [-0.2, -0.15) is 0 Å². The third-order valence-corrected chi connectivity index (χ3v) is 4.55. The lowest BCUT2D eigenvalue weighted by Gasteiger charge is -2.13. The molecule has 1 aliphatic heterocycles. The molecule has 0 fully saturated rings. The average molecular weight is 333 g/mol. The first-order valence-corrected chi connectivity index (χ1v) is 7.82. The highest BCUT2D eigenvalue weighted by Crippen LogP contribution is 2.35. The van der Waals surface area contributed by atoms with E-state index < -0.39 is 0 Å². The van der Waals surface area contributed by atoms with Crippen LogP contribution in [0.5, 0.6) is 11.5 Å². The summed E-state index contributed by atoms with van der Waals surface area (Å²) in [6, 6.07) is 14.7. The van der Waals surface area contributed by atoms with Gasteiger partial charge in [0.15, 0.2) is 0 Å². The van der Waals surface area contributed by atoms with E-state index in [9.17, 15) is 0 Å². The smallest absolute Gasteiger partial charge is 0.122 e. The van der Waals surface area contributed by atoms with Gasteiger partial charge in [0.2, 0.25) is 0 Å². The van der Waals surface area contributed by atoms with Crippen LogP contribution in [0.2, 0.25) is 0 Å². The van der Waals surface area contributed by atoms with E-state index in [1.165, 1.54) is 16.7 Å². The first-order valence-electron chi connectivity index (χ1n) is 6.90. The Morgan fingerprint density at radius 1 is 1.15 bits per heavy atom. The highest BCUT2D eigenvalue weighted by Gasteiger charge is 2.16. The van der Waals surface area contributed by atoms with Crippen molar-refractivity contribution in [2.45, 2.75) is 18.2 Å². The van der Waals surface area contributed by atoms with Crippen LogP contribution in [-0.4, -0.2) is 13.2 Å². The van der Waals surface area contributed by atoms with Crippen LogP contribution in [-0.2, 0) is 6.42 Å². The Bertz CT molecular complexity index is 592. The van der Waals surface area contributed by atoms with Crippen molar-refractivity contribution in [3.05, 3.63) is 59.2 Å². The molecule has 20 heavy (non-hydrogen) atoms. The summed E-state index contributed by atoms with van der Waals surface area (Å²) in [5.74, 6) is 1.94.